The normalized spacial score (nSPS) is 15.9. The zero-order valence-electron chi connectivity index (χ0n) is 10.8. The lowest BCUT2D eigenvalue weighted by atomic mass is 10.1. The average molecular weight is 232 g/mol. The van der Waals surface area contributed by atoms with Crippen molar-refractivity contribution in [2.75, 3.05) is 25.0 Å². The molecule has 4 nitrogen and oxygen atoms in total. The molecule has 92 valence electrons. The van der Waals surface area contributed by atoms with Crippen LogP contribution in [0, 0.1) is 6.92 Å². The van der Waals surface area contributed by atoms with Crippen LogP contribution in [0.25, 0.3) is 0 Å². The second kappa shape index (κ2) is 5.27. The highest BCUT2D eigenvalue weighted by atomic mass is 15.3. The Morgan fingerprint density at radius 3 is 2.82 bits per heavy atom. The predicted molar refractivity (Wildman–Crippen MR) is 70.1 cm³/mol. The Hall–Kier alpha value is -1.42. The summed E-state index contributed by atoms with van der Waals surface area (Å²) >= 11 is 0. The molecule has 0 unspecified atom stereocenters. The Balaban J connectivity index is 2.20. The van der Waals surface area contributed by atoms with Crippen LogP contribution in [0.5, 0.6) is 0 Å². The van der Waals surface area contributed by atoms with Crippen molar-refractivity contribution in [2.45, 2.75) is 26.8 Å². The topological polar surface area (TPSA) is 41.1 Å². The van der Waals surface area contributed by atoms with Gasteiger partial charge in [0.2, 0.25) is 5.95 Å². The Kier molecular flexibility index (Phi) is 3.74. The smallest absolute Gasteiger partial charge is 0.226 e. The molecule has 1 N–H and O–H groups in total. The molecule has 2 rings (SSSR count). The number of rotatable bonds is 3. The number of aromatic nitrogens is 2. The molecule has 0 amide bonds. The molecule has 1 aliphatic rings. The van der Waals surface area contributed by atoms with Gasteiger partial charge in [0.15, 0.2) is 0 Å². The van der Waals surface area contributed by atoms with Crippen LogP contribution in [0.2, 0.25) is 0 Å². The molecule has 17 heavy (non-hydrogen) atoms. The standard InChI is InChI=1S/C13H20N4/c1-10-4-6-17(7-5-10)13-15-11(2)8-12(16-13)9-14-3/h4,8,14H,5-7,9H2,1-3H3. The first kappa shape index (κ1) is 12.0. The van der Waals surface area contributed by atoms with E-state index in [0.717, 1.165) is 43.4 Å². The van der Waals surface area contributed by atoms with Gasteiger partial charge in [-0.25, -0.2) is 9.97 Å². The number of nitrogens with one attached hydrogen (secondary N) is 1. The van der Waals surface area contributed by atoms with Crippen molar-refractivity contribution in [1.82, 2.24) is 15.3 Å². The predicted octanol–water partition coefficient (Wildman–Crippen LogP) is 1.66. The summed E-state index contributed by atoms with van der Waals surface area (Å²) < 4.78 is 0. The number of aryl methyl sites for hydroxylation is 1. The molecule has 0 spiro atoms. The summed E-state index contributed by atoms with van der Waals surface area (Å²) in [5.74, 6) is 0.860. The number of hydrogen-bond donors (Lipinski definition) is 1. The van der Waals surface area contributed by atoms with Gasteiger partial charge in [0, 0.05) is 25.3 Å². The monoisotopic (exact) mass is 232 g/mol. The van der Waals surface area contributed by atoms with Gasteiger partial charge in [-0.15, -0.1) is 0 Å². The lowest BCUT2D eigenvalue weighted by Crippen LogP contribution is -2.30. The minimum atomic E-state index is 0.791. The molecule has 0 saturated heterocycles. The van der Waals surface area contributed by atoms with Gasteiger partial charge in [0.05, 0.1) is 5.69 Å². The second-order valence-electron chi connectivity index (χ2n) is 4.58. The number of hydrogen-bond acceptors (Lipinski definition) is 4. The minimum absolute atomic E-state index is 0.791. The summed E-state index contributed by atoms with van der Waals surface area (Å²) in [6.45, 7) is 6.94. The first-order chi connectivity index (χ1) is 8.19. The zero-order valence-corrected chi connectivity index (χ0v) is 10.8. The van der Waals surface area contributed by atoms with Crippen LogP contribution in [0.1, 0.15) is 24.7 Å². The van der Waals surface area contributed by atoms with E-state index in [0.29, 0.717) is 0 Å². The molecule has 1 aromatic rings. The second-order valence-corrected chi connectivity index (χ2v) is 4.58. The Bertz CT molecular complexity index is 425. The van der Waals surface area contributed by atoms with E-state index in [1.165, 1.54) is 5.57 Å². The molecule has 1 aromatic heterocycles. The minimum Gasteiger partial charge on any atom is -0.337 e. The number of anilines is 1. The largest absolute Gasteiger partial charge is 0.337 e. The van der Waals surface area contributed by atoms with E-state index in [1.807, 2.05) is 20.0 Å². The molecule has 0 bridgehead atoms. The fourth-order valence-corrected chi connectivity index (χ4v) is 1.98. The lowest BCUT2D eigenvalue weighted by Gasteiger charge is -2.26. The highest BCUT2D eigenvalue weighted by Crippen LogP contribution is 2.16. The van der Waals surface area contributed by atoms with Crippen LogP contribution in [0.4, 0.5) is 5.95 Å². The molecule has 4 heteroatoms. The SMILES string of the molecule is CNCc1cc(C)nc(N2CC=C(C)CC2)n1. The van der Waals surface area contributed by atoms with Gasteiger partial charge in [0.1, 0.15) is 0 Å². The molecule has 0 fully saturated rings. The van der Waals surface area contributed by atoms with E-state index in [-0.39, 0.29) is 0 Å². The van der Waals surface area contributed by atoms with Crippen LogP contribution in [0.15, 0.2) is 17.7 Å². The summed E-state index contributed by atoms with van der Waals surface area (Å²) in [6, 6.07) is 2.03. The maximum atomic E-state index is 4.60. The van der Waals surface area contributed by atoms with Crippen molar-refractivity contribution >= 4 is 5.95 Å². The van der Waals surface area contributed by atoms with Gasteiger partial charge in [-0.05, 0) is 33.4 Å². The van der Waals surface area contributed by atoms with Gasteiger partial charge in [-0.3, -0.25) is 0 Å². The van der Waals surface area contributed by atoms with Crippen LogP contribution in [0.3, 0.4) is 0 Å². The summed E-state index contributed by atoms with van der Waals surface area (Å²) in [5.41, 5.74) is 3.55. The van der Waals surface area contributed by atoms with Gasteiger partial charge >= 0.3 is 0 Å². The van der Waals surface area contributed by atoms with Crippen molar-refractivity contribution in [1.29, 1.82) is 0 Å². The maximum absolute atomic E-state index is 4.60. The van der Waals surface area contributed by atoms with Crippen LogP contribution in [-0.2, 0) is 6.54 Å². The highest BCUT2D eigenvalue weighted by molar-refractivity contribution is 5.35. The van der Waals surface area contributed by atoms with E-state index >= 15 is 0 Å². The lowest BCUT2D eigenvalue weighted by molar-refractivity contribution is 0.735. The quantitative estimate of drug-likeness (QED) is 0.805. The van der Waals surface area contributed by atoms with Crippen LogP contribution in [-0.4, -0.2) is 30.1 Å². The molecular weight excluding hydrogens is 212 g/mol. The fraction of sp³-hybridized carbons (Fsp3) is 0.538. The molecule has 1 aliphatic heterocycles. The van der Waals surface area contributed by atoms with E-state index < -0.39 is 0 Å². The van der Waals surface area contributed by atoms with Gasteiger partial charge < -0.3 is 10.2 Å². The summed E-state index contributed by atoms with van der Waals surface area (Å²) in [4.78, 5) is 11.4. The van der Waals surface area contributed by atoms with Gasteiger partial charge in [0.25, 0.3) is 0 Å². The summed E-state index contributed by atoms with van der Waals surface area (Å²) in [7, 11) is 1.93. The Morgan fingerprint density at radius 2 is 2.18 bits per heavy atom. The van der Waals surface area contributed by atoms with Crippen LogP contribution < -0.4 is 10.2 Å². The zero-order chi connectivity index (χ0) is 12.3. The summed E-state index contributed by atoms with van der Waals surface area (Å²) in [5, 5.41) is 3.13. The molecule has 2 heterocycles. The average Bonchev–Trinajstić information content (AvgIpc) is 2.29. The van der Waals surface area contributed by atoms with Crippen molar-refractivity contribution in [3.63, 3.8) is 0 Å². The van der Waals surface area contributed by atoms with Crippen molar-refractivity contribution in [3.05, 3.63) is 29.1 Å². The molecule has 0 atom stereocenters. The number of nitrogens with zero attached hydrogens (tertiary/aromatic N) is 3. The van der Waals surface area contributed by atoms with E-state index in [2.05, 4.69) is 33.2 Å². The van der Waals surface area contributed by atoms with Gasteiger partial charge in [-0.1, -0.05) is 11.6 Å². The first-order valence-electron chi connectivity index (χ1n) is 6.09. The van der Waals surface area contributed by atoms with Crippen molar-refractivity contribution < 1.29 is 0 Å². The summed E-state index contributed by atoms with van der Waals surface area (Å²) in [6.07, 6.45) is 3.37. The van der Waals surface area contributed by atoms with Crippen molar-refractivity contribution in [2.24, 2.45) is 0 Å². The Morgan fingerprint density at radius 1 is 1.35 bits per heavy atom. The highest BCUT2D eigenvalue weighted by Gasteiger charge is 2.13. The van der Waals surface area contributed by atoms with E-state index in [4.69, 9.17) is 0 Å². The third-order valence-electron chi connectivity index (χ3n) is 2.97. The van der Waals surface area contributed by atoms with Crippen LogP contribution >= 0.6 is 0 Å². The molecule has 0 aliphatic carbocycles. The van der Waals surface area contributed by atoms with Gasteiger partial charge in [-0.2, -0.15) is 0 Å². The third-order valence-corrected chi connectivity index (χ3v) is 2.97. The molecule has 0 saturated carbocycles. The van der Waals surface area contributed by atoms with Crippen molar-refractivity contribution in [3.8, 4) is 0 Å². The maximum Gasteiger partial charge on any atom is 0.226 e. The van der Waals surface area contributed by atoms with E-state index in [1.54, 1.807) is 0 Å². The van der Waals surface area contributed by atoms with E-state index in [9.17, 15) is 0 Å². The first-order valence-corrected chi connectivity index (χ1v) is 6.09. The fourth-order valence-electron chi connectivity index (χ4n) is 1.98. The Labute approximate surface area is 103 Å². The molecule has 0 aromatic carbocycles. The molecule has 0 radical (unpaired) electrons. The molecular formula is C13H20N4. The third kappa shape index (κ3) is 3.03.